The average molecular weight is 231 g/mol. The van der Waals surface area contributed by atoms with E-state index in [-0.39, 0.29) is 18.3 Å². The van der Waals surface area contributed by atoms with E-state index in [1.807, 2.05) is 6.92 Å². The van der Waals surface area contributed by atoms with E-state index in [2.05, 4.69) is 0 Å². The van der Waals surface area contributed by atoms with Gasteiger partial charge >= 0.3 is 11.9 Å². The topological polar surface area (TPSA) is 89.6 Å². The molecule has 5 heteroatoms. The second-order valence-electron chi connectivity index (χ2n) is 3.95. The van der Waals surface area contributed by atoms with Crippen molar-refractivity contribution in [3.05, 3.63) is 0 Å². The zero-order valence-corrected chi connectivity index (χ0v) is 9.94. The molecule has 0 radical (unpaired) electrons. The van der Waals surface area contributed by atoms with Gasteiger partial charge in [0.25, 0.3) is 0 Å². The first kappa shape index (κ1) is 14.9. The molecule has 0 fully saturated rings. The average Bonchev–Trinajstić information content (AvgIpc) is 2.25. The maximum absolute atomic E-state index is 11.2. The Morgan fingerprint density at radius 3 is 2.56 bits per heavy atom. The third-order valence-electron chi connectivity index (χ3n) is 2.46. The zero-order chi connectivity index (χ0) is 12.6. The SMILES string of the molecule is CCCCOC(=O)CC[C@H](C)[C@H](N)C(=O)O. The number of carboxylic acid groups (broad SMARTS) is 1. The number of esters is 1. The maximum Gasteiger partial charge on any atom is 0.320 e. The van der Waals surface area contributed by atoms with Gasteiger partial charge in [-0.2, -0.15) is 0 Å². The Bertz CT molecular complexity index is 230. The van der Waals surface area contributed by atoms with E-state index in [0.29, 0.717) is 13.0 Å². The fourth-order valence-corrected chi connectivity index (χ4v) is 1.17. The normalized spacial score (nSPS) is 14.2. The van der Waals surface area contributed by atoms with Crippen molar-refractivity contribution in [3.63, 3.8) is 0 Å². The van der Waals surface area contributed by atoms with Crippen LogP contribution >= 0.6 is 0 Å². The van der Waals surface area contributed by atoms with Gasteiger partial charge in [0, 0.05) is 6.42 Å². The van der Waals surface area contributed by atoms with Gasteiger partial charge in [0.15, 0.2) is 0 Å². The van der Waals surface area contributed by atoms with Gasteiger partial charge in [-0.15, -0.1) is 0 Å². The largest absolute Gasteiger partial charge is 0.480 e. The summed E-state index contributed by atoms with van der Waals surface area (Å²) in [6, 6.07) is -0.913. The van der Waals surface area contributed by atoms with Crippen LogP contribution < -0.4 is 5.73 Å². The molecule has 0 unspecified atom stereocenters. The first-order valence-electron chi connectivity index (χ1n) is 5.63. The predicted molar refractivity (Wildman–Crippen MR) is 59.9 cm³/mol. The predicted octanol–water partition coefficient (Wildman–Crippen LogP) is 1.16. The molecule has 94 valence electrons. The quantitative estimate of drug-likeness (QED) is 0.483. The molecule has 0 aliphatic heterocycles. The molecule has 5 nitrogen and oxygen atoms in total. The summed E-state index contributed by atoms with van der Waals surface area (Å²) in [7, 11) is 0. The highest BCUT2D eigenvalue weighted by Crippen LogP contribution is 2.10. The Balaban J connectivity index is 3.70. The third-order valence-corrected chi connectivity index (χ3v) is 2.46. The highest BCUT2D eigenvalue weighted by atomic mass is 16.5. The second-order valence-corrected chi connectivity index (χ2v) is 3.95. The minimum atomic E-state index is -1.04. The lowest BCUT2D eigenvalue weighted by Gasteiger charge is -2.14. The maximum atomic E-state index is 11.2. The second kappa shape index (κ2) is 8.10. The number of carbonyl (C=O) groups is 2. The fraction of sp³-hybridized carbons (Fsp3) is 0.818. The molecule has 0 aliphatic carbocycles. The molecule has 0 rings (SSSR count). The third kappa shape index (κ3) is 6.40. The zero-order valence-electron chi connectivity index (χ0n) is 9.94. The Morgan fingerprint density at radius 1 is 1.44 bits per heavy atom. The van der Waals surface area contributed by atoms with Crippen LogP contribution in [0.15, 0.2) is 0 Å². The number of unbranched alkanes of at least 4 members (excludes halogenated alkanes) is 1. The Hall–Kier alpha value is -1.10. The minimum Gasteiger partial charge on any atom is -0.480 e. The Kier molecular flexibility index (Phi) is 7.54. The van der Waals surface area contributed by atoms with E-state index in [1.54, 1.807) is 6.92 Å². The van der Waals surface area contributed by atoms with Crippen LogP contribution in [-0.2, 0) is 14.3 Å². The van der Waals surface area contributed by atoms with E-state index >= 15 is 0 Å². The van der Waals surface area contributed by atoms with Gasteiger partial charge in [-0.25, -0.2) is 0 Å². The van der Waals surface area contributed by atoms with E-state index in [1.165, 1.54) is 0 Å². The summed E-state index contributed by atoms with van der Waals surface area (Å²) in [5, 5.41) is 8.65. The lowest BCUT2D eigenvalue weighted by atomic mass is 9.97. The number of ether oxygens (including phenoxy) is 1. The summed E-state index contributed by atoms with van der Waals surface area (Å²) in [6.07, 6.45) is 2.51. The molecule has 3 N–H and O–H groups in total. The van der Waals surface area contributed by atoms with E-state index in [9.17, 15) is 9.59 Å². The van der Waals surface area contributed by atoms with Gasteiger partial charge in [-0.05, 0) is 18.8 Å². The van der Waals surface area contributed by atoms with E-state index < -0.39 is 12.0 Å². The number of nitrogens with two attached hydrogens (primary N) is 1. The Labute approximate surface area is 96.0 Å². The number of carboxylic acids is 1. The van der Waals surface area contributed by atoms with Crippen molar-refractivity contribution in [2.75, 3.05) is 6.61 Å². The van der Waals surface area contributed by atoms with Crippen LogP contribution in [0.2, 0.25) is 0 Å². The van der Waals surface area contributed by atoms with Crippen LogP contribution in [0, 0.1) is 5.92 Å². The molecule has 0 bridgehead atoms. The van der Waals surface area contributed by atoms with Crippen molar-refractivity contribution >= 4 is 11.9 Å². The lowest BCUT2D eigenvalue weighted by molar-refractivity contribution is -0.145. The van der Waals surface area contributed by atoms with Crippen LogP contribution in [0.1, 0.15) is 39.5 Å². The van der Waals surface area contributed by atoms with Crippen LogP contribution in [0.25, 0.3) is 0 Å². The molecular formula is C11H21NO4. The molecule has 0 spiro atoms. The highest BCUT2D eigenvalue weighted by Gasteiger charge is 2.20. The van der Waals surface area contributed by atoms with E-state index in [4.69, 9.17) is 15.6 Å². The van der Waals surface area contributed by atoms with Crippen LogP contribution in [0.4, 0.5) is 0 Å². The van der Waals surface area contributed by atoms with Gasteiger partial charge in [0.05, 0.1) is 6.61 Å². The molecule has 0 aromatic carbocycles. The molecule has 0 aromatic heterocycles. The van der Waals surface area contributed by atoms with Crippen LogP contribution in [-0.4, -0.2) is 29.7 Å². The van der Waals surface area contributed by atoms with Crippen molar-refractivity contribution in [3.8, 4) is 0 Å². The summed E-state index contributed by atoms with van der Waals surface area (Å²) < 4.78 is 4.95. The van der Waals surface area contributed by atoms with Gasteiger partial charge in [-0.3, -0.25) is 9.59 Å². The number of aliphatic carboxylic acids is 1. The van der Waals surface area contributed by atoms with Crippen LogP contribution in [0.3, 0.4) is 0 Å². The molecule has 2 atom stereocenters. The van der Waals surface area contributed by atoms with Crippen molar-refractivity contribution < 1.29 is 19.4 Å². The van der Waals surface area contributed by atoms with Crippen molar-refractivity contribution in [2.45, 2.75) is 45.6 Å². The van der Waals surface area contributed by atoms with Gasteiger partial charge in [0.1, 0.15) is 6.04 Å². The monoisotopic (exact) mass is 231 g/mol. The molecule has 0 heterocycles. The first-order chi connectivity index (χ1) is 7.49. The van der Waals surface area contributed by atoms with Crippen molar-refractivity contribution in [1.29, 1.82) is 0 Å². The molecule has 0 amide bonds. The smallest absolute Gasteiger partial charge is 0.320 e. The molecule has 0 aliphatic rings. The molecule has 0 saturated heterocycles. The van der Waals surface area contributed by atoms with Crippen molar-refractivity contribution in [2.24, 2.45) is 11.7 Å². The summed E-state index contributed by atoms with van der Waals surface area (Å²) in [6.45, 7) is 4.18. The minimum absolute atomic E-state index is 0.226. The summed E-state index contributed by atoms with van der Waals surface area (Å²) in [5.74, 6) is -1.54. The molecular weight excluding hydrogens is 210 g/mol. The number of hydrogen-bond acceptors (Lipinski definition) is 4. The standard InChI is InChI=1S/C11H21NO4/c1-3-4-7-16-9(13)6-5-8(2)10(12)11(14)15/h8,10H,3-7,12H2,1-2H3,(H,14,15)/t8-,10-/m0/s1. The number of hydrogen-bond donors (Lipinski definition) is 2. The molecule has 0 aromatic rings. The Morgan fingerprint density at radius 2 is 2.06 bits per heavy atom. The summed E-state index contributed by atoms with van der Waals surface area (Å²) in [5.41, 5.74) is 5.42. The fourth-order valence-electron chi connectivity index (χ4n) is 1.17. The van der Waals surface area contributed by atoms with Crippen LogP contribution in [0.5, 0.6) is 0 Å². The highest BCUT2D eigenvalue weighted by molar-refractivity contribution is 5.73. The van der Waals surface area contributed by atoms with E-state index in [0.717, 1.165) is 12.8 Å². The molecule has 0 saturated carbocycles. The molecule has 16 heavy (non-hydrogen) atoms. The van der Waals surface area contributed by atoms with Gasteiger partial charge in [0.2, 0.25) is 0 Å². The summed E-state index contributed by atoms with van der Waals surface area (Å²) in [4.78, 5) is 21.8. The lowest BCUT2D eigenvalue weighted by Crippen LogP contribution is -2.36. The van der Waals surface area contributed by atoms with Gasteiger partial charge < -0.3 is 15.6 Å². The number of rotatable bonds is 8. The number of carbonyl (C=O) groups excluding carboxylic acids is 1. The van der Waals surface area contributed by atoms with Crippen molar-refractivity contribution in [1.82, 2.24) is 0 Å². The summed E-state index contributed by atoms with van der Waals surface area (Å²) >= 11 is 0. The first-order valence-corrected chi connectivity index (χ1v) is 5.63. The van der Waals surface area contributed by atoms with Gasteiger partial charge in [-0.1, -0.05) is 20.3 Å².